The molecule has 3 rings (SSSR count). The Morgan fingerprint density at radius 3 is 2.67 bits per heavy atom. The van der Waals surface area contributed by atoms with Crippen molar-refractivity contribution in [3.05, 3.63) is 59.2 Å². The van der Waals surface area contributed by atoms with Gasteiger partial charge in [0.1, 0.15) is 0 Å². The zero-order valence-corrected chi connectivity index (χ0v) is 17.7. The molecule has 0 saturated heterocycles. The lowest BCUT2D eigenvalue weighted by Crippen LogP contribution is -2.12. The Labute approximate surface area is 170 Å². The van der Waals surface area contributed by atoms with Crippen LogP contribution in [0.25, 0.3) is 10.9 Å². The molecule has 1 heterocycles. The summed E-state index contributed by atoms with van der Waals surface area (Å²) in [7, 11) is -1.08. The maximum absolute atomic E-state index is 12.3. The van der Waals surface area contributed by atoms with Crippen molar-refractivity contribution >= 4 is 49.2 Å². The molecular formula is C21H23BrN2O2S. The van der Waals surface area contributed by atoms with Gasteiger partial charge in [-0.05, 0) is 61.4 Å². The Morgan fingerprint density at radius 2 is 1.93 bits per heavy atom. The molecule has 0 saturated carbocycles. The summed E-state index contributed by atoms with van der Waals surface area (Å²) in [5.74, 6) is 0.434. The van der Waals surface area contributed by atoms with E-state index in [1.54, 1.807) is 0 Å². The van der Waals surface area contributed by atoms with Crippen molar-refractivity contribution < 1.29 is 9.00 Å². The number of hydrogen-bond donors (Lipinski definition) is 1. The maximum Gasteiger partial charge on any atom is 0.224 e. The van der Waals surface area contributed by atoms with E-state index in [1.165, 1.54) is 5.52 Å². The van der Waals surface area contributed by atoms with E-state index in [4.69, 9.17) is 0 Å². The molecule has 1 aromatic heterocycles. The van der Waals surface area contributed by atoms with E-state index in [-0.39, 0.29) is 5.91 Å². The summed E-state index contributed by atoms with van der Waals surface area (Å²) in [6.07, 6.45) is 4.11. The van der Waals surface area contributed by atoms with Gasteiger partial charge in [0.15, 0.2) is 0 Å². The number of rotatable bonds is 8. The van der Waals surface area contributed by atoms with Crippen molar-refractivity contribution in [1.29, 1.82) is 0 Å². The maximum atomic E-state index is 12.3. The number of nitrogens with one attached hydrogen (secondary N) is 1. The van der Waals surface area contributed by atoms with Crippen molar-refractivity contribution in [3.63, 3.8) is 0 Å². The molecule has 4 nitrogen and oxygen atoms in total. The highest BCUT2D eigenvalue weighted by Crippen LogP contribution is 2.21. The van der Waals surface area contributed by atoms with Crippen molar-refractivity contribution in [2.45, 2.75) is 37.6 Å². The van der Waals surface area contributed by atoms with Gasteiger partial charge in [0.05, 0.1) is 10.8 Å². The fourth-order valence-electron chi connectivity index (χ4n) is 3.01. The zero-order valence-electron chi connectivity index (χ0n) is 15.3. The summed E-state index contributed by atoms with van der Waals surface area (Å²) in [4.78, 5) is 13.0. The fraction of sp³-hybridized carbons (Fsp3) is 0.286. The molecule has 2 aromatic carbocycles. The minimum absolute atomic E-state index is 0.0462. The van der Waals surface area contributed by atoms with E-state index in [2.05, 4.69) is 45.0 Å². The van der Waals surface area contributed by atoms with Gasteiger partial charge in [-0.15, -0.1) is 0 Å². The highest BCUT2D eigenvalue weighted by molar-refractivity contribution is 9.10. The van der Waals surface area contributed by atoms with Gasteiger partial charge in [-0.25, -0.2) is 0 Å². The van der Waals surface area contributed by atoms with Crippen LogP contribution in [0.15, 0.2) is 64.1 Å². The predicted molar refractivity (Wildman–Crippen MR) is 116 cm³/mol. The molecule has 0 bridgehead atoms. The van der Waals surface area contributed by atoms with Gasteiger partial charge < -0.3 is 9.88 Å². The molecule has 142 valence electrons. The van der Waals surface area contributed by atoms with Crippen LogP contribution >= 0.6 is 15.9 Å². The Kier molecular flexibility index (Phi) is 6.85. The van der Waals surface area contributed by atoms with Gasteiger partial charge in [-0.3, -0.25) is 9.00 Å². The summed E-state index contributed by atoms with van der Waals surface area (Å²) in [5.41, 5.74) is 1.98. The Hall–Kier alpha value is -1.92. The molecule has 3 aromatic rings. The Bertz CT molecular complexity index is 950. The largest absolute Gasteiger partial charge is 0.347 e. The first-order valence-corrected chi connectivity index (χ1v) is 11.2. The fourth-order valence-corrected chi connectivity index (χ4v) is 4.35. The Balaban J connectivity index is 1.51. The van der Waals surface area contributed by atoms with Crippen LogP contribution in [-0.4, -0.2) is 20.4 Å². The van der Waals surface area contributed by atoms with E-state index in [1.807, 2.05) is 42.5 Å². The van der Waals surface area contributed by atoms with Gasteiger partial charge in [-0.1, -0.05) is 22.9 Å². The molecule has 0 aliphatic heterocycles. The molecular weight excluding hydrogens is 424 g/mol. The van der Waals surface area contributed by atoms with Crippen LogP contribution in [0, 0.1) is 0 Å². The van der Waals surface area contributed by atoms with E-state index >= 15 is 0 Å². The first-order valence-electron chi connectivity index (χ1n) is 9.09. The van der Waals surface area contributed by atoms with E-state index < -0.39 is 10.8 Å². The molecule has 1 unspecified atom stereocenters. The van der Waals surface area contributed by atoms with Crippen molar-refractivity contribution in [2.24, 2.45) is 0 Å². The number of amides is 1. The molecule has 0 aliphatic rings. The summed E-state index contributed by atoms with van der Waals surface area (Å²) in [6.45, 7) is 3.15. The highest BCUT2D eigenvalue weighted by Gasteiger charge is 2.08. The van der Waals surface area contributed by atoms with Gasteiger partial charge in [0.2, 0.25) is 5.91 Å². The van der Waals surface area contributed by atoms with Crippen LogP contribution in [0.4, 0.5) is 5.69 Å². The lowest BCUT2D eigenvalue weighted by molar-refractivity contribution is -0.116. The Morgan fingerprint density at radius 1 is 1.15 bits per heavy atom. The number of aryl methyl sites for hydroxylation is 1. The predicted octanol–water partition coefficient (Wildman–Crippen LogP) is 5.34. The van der Waals surface area contributed by atoms with Gasteiger partial charge in [0.25, 0.3) is 0 Å². The van der Waals surface area contributed by atoms with Crippen LogP contribution in [-0.2, 0) is 22.1 Å². The first kappa shape index (κ1) is 19.8. The second kappa shape index (κ2) is 9.33. The number of fused-ring (bicyclic) bond motifs is 1. The molecule has 1 N–H and O–H groups in total. The van der Waals surface area contributed by atoms with Crippen LogP contribution in [0.2, 0.25) is 0 Å². The van der Waals surface area contributed by atoms with E-state index in [9.17, 15) is 9.00 Å². The van der Waals surface area contributed by atoms with Crippen LogP contribution < -0.4 is 5.32 Å². The number of nitrogens with zero attached hydrogens (tertiary/aromatic N) is 1. The number of aromatic nitrogens is 1. The lowest BCUT2D eigenvalue weighted by atomic mass is 10.2. The summed E-state index contributed by atoms with van der Waals surface area (Å²) >= 11 is 3.37. The molecule has 6 heteroatoms. The minimum atomic E-state index is -1.08. The average Bonchev–Trinajstić information content (AvgIpc) is 3.05. The molecule has 0 spiro atoms. The summed E-state index contributed by atoms with van der Waals surface area (Å²) in [5, 5.41) is 4.07. The lowest BCUT2D eigenvalue weighted by Gasteiger charge is -2.07. The topological polar surface area (TPSA) is 51.1 Å². The molecule has 0 aliphatic carbocycles. The highest BCUT2D eigenvalue weighted by atomic mass is 79.9. The normalized spacial score (nSPS) is 12.2. The average molecular weight is 447 g/mol. The third-order valence-corrected chi connectivity index (χ3v) is 6.32. The number of carbonyl (C=O) groups excluding carboxylic acids is 1. The minimum Gasteiger partial charge on any atom is -0.347 e. The van der Waals surface area contributed by atoms with Crippen molar-refractivity contribution in [1.82, 2.24) is 4.57 Å². The van der Waals surface area contributed by atoms with Crippen LogP contribution in [0.5, 0.6) is 0 Å². The molecule has 0 fully saturated rings. The van der Waals surface area contributed by atoms with Gasteiger partial charge in [0, 0.05) is 50.9 Å². The second-order valence-electron chi connectivity index (χ2n) is 6.44. The molecule has 27 heavy (non-hydrogen) atoms. The number of benzene rings is 2. The SMILES string of the molecule is CCCn1ccc2cc(NC(=O)CCCS(=O)c3ccc(Br)cc3)ccc21. The summed E-state index contributed by atoms with van der Waals surface area (Å²) in [6, 6.07) is 15.5. The van der Waals surface area contributed by atoms with Crippen molar-refractivity contribution in [3.8, 4) is 0 Å². The molecule has 1 atom stereocenters. The van der Waals surface area contributed by atoms with Crippen LogP contribution in [0.3, 0.4) is 0 Å². The standard InChI is InChI=1S/C21H23BrN2O2S/c1-2-12-24-13-11-16-15-18(7-10-20(16)24)23-21(25)4-3-14-27(26)19-8-5-17(22)6-9-19/h5-11,13,15H,2-4,12,14H2,1H3,(H,23,25). The molecule has 0 radical (unpaired) electrons. The number of anilines is 1. The summed E-state index contributed by atoms with van der Waals surface area (Å²) < 4.78 is 15.4. The monoisotopic (exact) mass is 446 g/mol. The van der Waals surface area contributed by atoms with Gasteiger partial charge >= 0.3 is 0 Å². The third-order valence-electron chi connectivity index (χ3n) is 4.33. The van der Waals surface area contributed by atoms with E-state index in [0.717, 1.165) is 33.4 Å². The number of carbonyl (C=O) groups is 1. The smallest absolute Gasteiger partial charge is 0.224 e. The van der Waals surface area contributed by atoms with Crippen molar-refractivity contribution in [2.75, 3.05) is 11.1 Å². The number of halogens is 1. The van der Waals surface area contributed by atoms with Crippen LogP contribution in [0.1, 0.15) is 26.2 Å². The third kappa shape index (κ3) is 5.30. The zero-order chi connectivity index (χ0) is 19.2. The first-order chi connectivity index (χ1) is 13.1. The second-order valence-corrected chi connectivity index (χ2v) is 8.92. The quantitative estimate of drug-likeness (QED) is 0.507. The van der Waals surface area contributed by atoms with Gasteiger partial charge in [-0.2, -0.15) is 0 Å². The van der Waals surface area contributed by atoms with E-state index in [0.29, 0.717) is 18.6 Å². The number of hydrogen-bond acceptors (Lipinski definition) is 2. The molecule has 1 amide bonds.